The molecule has 25 heavy (non-hydrogen) atoms. The Balaban J connectivity index is 2.23. The first-order valence-corrected chi connectivity index (χ1v) is 8.05. The average molecular weight is 340 g/mol. The second kappa shape index (κ2) is 6.53. The van der Waals surface area contributed by atoms with Crippen LogP contribution in [0.25, 0.3) is 16.9 Å². The lowest BCUT2D eigenvalue weighted by Gasteiger charge is -2.12. The second-order valence-corrected chi connectivity index (χ2v) is 6.32. The third-order valence-corrected chi connectivity index (χ3v) is 4.15. The number of ether oxygens (including phenoxy) is 1. The lowest BCUT2D eigenvalue weighted by molar-refractivity contribution is 0.157. The highest BCUT2D eigenvalue weighted by atomic mass is 16.5. The number of nitrogens with one attached hydrogen (secondary N) is 1. The number of rotatable bonds is 5. The molecule has 0 saturated heterocycles. The van der Waals surface area contributed by atoms with Crippen LogP contribution in [-0.2, 0) is 4.74 Å². The van der Waals surface area contributed by atoms with Gasteiger partial charge in [-0.15, -0.1) is 0 Å². The van der Waals surface area contributed by atoms with E-state index in [1.54, 1.807) is 18.0 Å². The molecule has 0 fully saturated rings. The lowest BCUT2D eigenvalue weighted by atomic mass is 10.00. The molecule has 1 N–H and O–H groups in total. The van der Waals surface area contributed by atoms with Crippen LogP contribution in [0, 0.1) is 11.3 Å². The third kappa shape index (κ3) is 2.83. The Hall–Kier alpha value is -2.92. The van der Waals surface area contributed by atoms with E-state index in [9.17, 15) is 10.1 Å². The number of aromatic nitrogens is 5. The van der Waals surface area contributed by atoms with Gasteiger partial charge in [0.15, 0.2) is 5.65 Å². The summed E-state index contributed by atoms with van der Waals surface area (Å²) in [4.78, 5) is 16.1. The lowest BCUT2D eigenvalue weighted by Crippen LogP contribution is -2.22. The van der Waals surface area contributed by atoms with Gasteiger partial charge >= 0.3 is 0 Å². The summed E-state index contributed by atoms with van der Waals surface area (Å²) >= 11 is 0. The van der Waals surface area contributed by atoms with Crippen molar-refractivity contribution in [3.05, 3.63) is 40.1 Å². The van der Waals surface area contributed by atoms with Crippen LogP contribution in [-0.4, -0.2) is 38.1 Å². The SMILES string of the molecule is COCC(C)n1cc(-c2[nH]c3c(C#N)cnn3c(=O)c2C(C)C)cn1. The summed E-state index contributed by atoms with van der Waals surface area (Å²) < 4.78 is 8.21. The number of H-pyrrole nitrogens is 1. The Morgan fingerprint density at radius 3 is 2.72 bits per heavy atom. The molecule has 0 aliphatic carbocycles. The van der Waals surface area contributed by atoms with Crippen LogP contribution in [0.2, 0.25) is 0 Å². The van der Waals surface area contributed by atoms with Gasteiger partial charge in [-0.3, -0.25) is 9.48 Å². The average Bonchev–Trinajstić information content (AvgIpc) is 3.21. The standard InChI is InChI=1S/C17H20N6O2/c1-10(2)14-15(13-7-19-22(8-13)11(3)9-25-4)21-16-12(5-18)6-20-23(16)17(14)24/h6-8,10-11,21H,9H2,1-4H3. The minimum absolute atomic E-state index is 0.0161. The summed E-state index contributed by atoms with van der Waals surface area (Å²) in [5.41, 5.74) is 2.56. The van der Waals surface area contributed by atoms with Crippen molar-refractivity contribution in [2.24, 2.45) is 0 Å². The first kappa shape index (κ1) is 16.9. The Labute approximate surface area is 144 Å². The Kier molecular flexibility index (Phi) is 4.42. The molecule has 0 aromatic carbocycles. The van der Waals surface area contributed by atoms with E-state index in [0.29, 0.717) is 29.1 Å². The zero-order valence-electron chi connectivity index (χ0n) is 14.6. The van der Waals surface area contributed by atoms with Gasteiger partial charge in [0.05, 0.1) is 30.7 Å². The fourth-order valence-electron chi connectivity index (χ4n) is 2.90. The molecule has 3 aromatic rings. The first-order valence-electron chi connectivity index (χ1n) is 8.05. The Bertz CT molecular complexity index is 1000. The summed E-state index contributed by atoms with van der Waals surface area (Å²) in [6, 6.07) is 2.12. The normalized spacial score (nSPS) is 12.6. The van der Waals surface area contributed by atoms with Crippen LogP contribution in [0.1, 0.15) is 43.9 Å². The molecule has 8 heteroatoms. The highest BCUT2D eigenvalue weighted by molar-refractivity contribution is 5.67. The minimum Gasteiger partial charge on any atom is -0.382 e. The van der Waals surface area contributed by atoms with E-state index in [0.717, 1.165) is 5.56 Å². The largest absolute Gasteiger partial charge is 0.382 e. The van der Waals surface area contributed by atoms with E-state index in [2.05, 4.69) is 21.3 Å². The van der Waals surface area contributed by atoms with Crippen LogP contribution in [0.5, 0.6) is 0 Å². The third-order valence-electron chi connectivity index (χ3n) is 4.15. The van der Waals surface area contributed by atoms with Crippen LogP contribution >= 0.6 is 0 Å². The van der Waals surface area contributed by atoms with Crippen LogP contribution in [0.15, 0.2) is 23.4 Å². The molecule has 0 saturated carbocycles. The van der Waals surface area contributed by atoms with E-state index in [4.69, 9.17) is 4.74 Å². The van der Waals surface area contributed by atoms with Gasteiger partial charge in [0.25, 0.3) is 5.56 Å². The molecule has 130 valence electrons. The number of methoxy groups -OCH3 is 1. The Morgan fingerprint density at radius 1 is 1.32 bits per heavy atom. The van der Waals surface area contributed by atoms with Crippen molar-refractivity contribution < 1.29 is 4.74 Å². The van der Waals surface area contributed by atoms with Crippen molar-refractivity contribution in [2.45, 2.75) is 32.7 Å². The number of nitrogens with zero attached hydrogens (tertiary/aromatic N) is 5. The quantitative estimate of drug-likeness (QED) is 0.766. The maximum absolute atomic E-state index is 12.9. The molecule has 3 heterocycles. The van der Waals surface area contributed by atoms with Crippen molar-refractivity contribution in [2.75, 3.05) is 13.7 Å². The predicted octanol–water partition coefficient (Wildman–Crippen LogP) is 2.09. The summed E-state index contributed by atoms with van der Waals surface area (Å²) in [6.45, 7) is 6.44. The molecular weight excluding hydrogens is 320 g/mol. The molecule has 3 aromatic heterocycles. The van der Waals surface area contributed by atoms with Gasteiger partial charge in [0.1, 0.15) is 11.6 Å². The zero-order valence-corrected chi connectivity index (χ0v) is 14.6. The van der Waals surface area contributed by atoms with Gasteiger partial charge in [-0.1, -0.05) is 13.8 Å². The van der Waals surface area contributed by atoms with Gasteiger partial charge < -0.3 is 9.72 Å². The van der Waals surface area contributed by atoms with E-state index in [-0.39, 0.29) is 17.5 Å². The van der Waals surface area contributed by atoms with Crippen molar-refractivity contribution in [3.8, 4) is 17.3 Å². The molecule has 0 spiro atoms. The molecule has 8 nitrogen and oxygen atoms in total. The van der Waals surface area contributed by atoms with Crippen molar-refractivity contribution in [1.82, 2.24) is 24.4 Å². The molecule has 3 rings (SSSR count). The smallest absolute Gasteiger partial charge is 0.278 e. The van der Waals surface area contributed by atoms with Crippen LogP contribution in [0.4, 0.5) is 0 Å². The number of hydrogen-bond acceptors (Lipinski definition) is 5. The van der Waals surface area contributed by atoms with Gasteiger partial charge in [0, 0.05) is 24.4 Å². The van der Waals surface area contributed by atoms with Crippen molar-refractivity contribution in [3.63, 3.8) is 0 Å². The summed E-state index contributed by atoms with van der Waals surface area (Å²) in [6.07, 6.45) is 4.98. The van der Waals surface area contributed by atoms with E-state index < -0.39 is 0 Å². The molecule has 0 bridgehead atoms. The fraction of sp³-hybridized carbons (Fsp3) is 0.412. The van der Waals surface area contributed by atoms with Crippen LogP contribution < -0.4 is 5.56 Å². The number of hydrogen-bond donors (Lipinski definition) is 1. The van der Waals surface area contributed by atoms with Crippen molar-refractivity contribution in [1.29, 1.82) is 5.26 Å². The molecule has 0 aliphatic heterocycles. The molecule has 0 radical (unpaired) electrons. The van der Waals surface area contributed by atoms with Crippen LogP contribution in [0.3, 0.4) is 0 Å². The number of aromatic amines is 1. The maximum atomic E-state index is 12.9. The fourth-order valence-corrected chi connectivity index (χ4v) is 2.90. The molecule has 0 amide bonds. The van der Waals surface area contributed by atoms with E-state index >= 15 is 0 Å². The zero-order chi connectivity index (χ0) is 18.1. The maximum Gasteiger partial charge on any atom is 0.278 e. The predicted molar refractivity (Wildman–Crippen MR) is 92.4 cm³/mol. The first-order chi connectivity index (χ1) is 12.0. The van der Waals surface area contributed by atoms with Crippen molar-refractivity contribution >= 4 is 5.65 Å². The summed E-state index contributed by atoms with van der Waals surface area (Å²) in [5, 5.41) is 17.7. The second-order valence-electron chi connectivity index (χ2n) is 6.32. The summed E-state index contributed by atoms with van der Waals surface area (Å²) in [5.74, 6) is -0.0161. The summed E-state index contributed by atoms with van der Waals surface area (Å²) in [7, 11) is 1.65. The van der Waals surface area contributed by atoms with E-state index in [1.807, 2.05) is 27.0 Å². The molecule has 1 unspecified atom stereocenters. The van der Waals surface area contributed by atoms with Gasteiger partial charge in [-0.25, -0.2) is 0 Å². The monoisotopic (exact) mass is 340 g/mol. The molecule has 1 atom stereocenters. The van der Waals surface area contributed by atoms with E-state index in [1.165, 1.54) is 10.7 Å². The Morgan fingerprint density at radius 2 is 2.08 bits per heavy atom. The minimum atomic E-state index is -0.224. The van der Waals surface area contributed by atoms with Gasteiger partial charge in [-0.05, 0) is 12.8 Å². The van der Waals surface area contributed by atoms with Gasteiger partial charge in [0.2, 0.25) is 0 Å². The topological polar surface area (TPSA) is 101 Å². The van der Waals surface area contributed by atoms with Gasteiger partial charge in [-0.2, -0.15) is 20.0 Å². The highest BCUT2D eigenvalue weighted by Gasteiger charge is 2.20. The molecule has 0 aliphatic rings. The number of nitriles is 1. The highest BCUT2D eigenvalue weighted by Crippen LogP contribution is 2.26. The number of fused-ring (bicyclic) bond motifs is 1. The molecular formula is C17H20N6O2.